The molecule has 4 heteroatoms. The number of rotatable bonds is 2. The van der Waals surface area contributed by atoms with E-state index in [1.54, 1.807) is 31.2 Å². The van der Waals surface area contributed by atoms with Gasteiger partial charge in [-0.2, -0.15) is 13.2 Å². The van der Waals surface area contributed by atoms with Crippen LogP contribution in [0.3, 0.4) is 0 Å². The minimum absolute atomic E-state index is 0.426. The van der Waals surface area contributed by atoms with E-state index in [0.717, 1.165) is 5.56 Å². The van der Waals surface area contributed by atoms with E-state index in [1.165, 1.54) is 0 Å². The van der Waals surface area contributed by atoms with Crippen LogP contribution in [0.25, 0.3) is 0 Å². The lowest BCUT2D eigenvalue weighted by atomic mass is 10.2. The molecule has 0 aliphatic heterocycles. The van der Waals surface area contributed by atoms with Gasteiger partial charge in [0.05, 0.1) is 0 Å². The van der Waals surface area contributed by atoms with Crippen molar-refractivity contribution in [2.75, 3.05) is 5.32 Å². The Bertz CT molecular complexity index is 341. The van der Waals surface area contributed by atoms with Gasteiger partial charge in [-0.05, 0) is 18.6 Å². The van der Waals surface area contributed by atoms with Gasteiger partial charge in [0.2, 0.25) is 0 Å². The highest BCUT2D eigenvalue weighted by atomic mass is 19.4. The van der Waals surface area contributed by atoms with Crippen molar-refractivity contribution < 1.29 is 13.2 Å². The van der Waals surface area contributed by atoms with Crippen molar-refractivity contribution in [1.82, 2.24) is 0 Å². The molecule has 0 aromatic heterocycles. The summed E-state index contributed by atoms with van der Waals surface area (Å²) >= 11 is 0. The number of benzene rings is 1. The minimum atomic E-state index is -4.40. The molecule has 76 valence electrons. The van der Waals surface area contributed by atoms with Gasteiger partial charge in [-0.1, -0.05) is 24.8 Å². The Morgan fingerprint density at radius 3 is 2.36 bits per heavy atom. The van der Waals surface area contributed by atoms with Crippen molar-refractivity contribution in [1.29, 1.82) is 0 Å². The fourth-order valence-electron chi connectivity index (χ4n) is 0.947. The summed E-state index contributed by atoms with van der Waals surface area (Å²) in [5, 5.41) is 2.23. The summed E-state index contributed by atoms with van der Waals surface area (Å²) in [5.74, 6) is 0. The molecule has 0 atom stereocenters. The first-order valence-electron chi connectivity index (χ1n) is 4.00. The largest absolute Gasteiger partial charge is 0.430 e. The number of halogens is 3. The summed E-state index contributed by atoms with van der Waals surface area (Å²) in [6, 6.07) is 6.73. The molecule has 1 aromatic carbocycles. The number of aryl methyl sites for hydroxylation is 1. The van der Waals surface area contributed by atoms with Crippen LogP contribution in [0, 0.1) is 6.92 Å². The van der Waals surface area contributed by atoms with Crippen molar-refractivity contribution in [2.45, 2.75) is 13.1 Å². The average Bonchev–Trinajstić information content (AvgIpc) is 2.07. The third-order valence-electron chi connectivity index (χ3n) is 1.77. The molecule has 1 nitrogen and oxygen atoms in total. The molecule has 0 aliphatic rings. The maximum absolute atomic E-state index is 12.1. The summed E-state index contributed by atoms with van der Waals surface area (Å²) in [6.07, 6.45) is -4.40. The topological polar surface area (TPSA) is 12.0 Å². The van der Waals surface area contributed by atoms with Gasteiger partial charge in [0.25, 0.3) is 0 Å². The lowest BCUT2D eigenvalue weighted by Crippen LogP contribution is -2.18. The van der Waals surface area contributed by atoms with Crippen molar-refractivity contribution >= 4 is 5.69 Å². The first-order valence-corrected chi connectivity index (χ1v) is 4.00. The van der Waals surface area contributed by atoms with Crippen LogP contribution in [0.2, 0.25) is 0 Å². The third-order valence-corrected chi connectivity index (χ3v) is 1.77. The summed E-state index contributed by atoms with van der Waals surface area (Å²) in [6.45, 7) is 4.65. The summed E-state index contributed by atoms with van der Waals surface area (Å²) < 4.78 is 36.3. The molecular weight excluding hydrogens is 191 g/mol. The number of nitrogens with one attached hydrogen (secondary N) is 1. The second-order valence-corrected chi connectivity index (χ2v) is 2.92. The first-order chi connectivity index (χ1) is 6.41. The number of alkyl halides is 3. The first kappa shape index (κ1) is 10.6. The molecule has 0 heterocycles. The van der Waals surface area contributed by atoms with Crippen LogP contribution in [0.5, 0.6) is 0 Å². The van der Waals surface area contributed by atoms with Crippen molar-refractivity contribution in [3.63, 3.8) is 0 Å². The summed E-state index contributed by atoms with van der Waals surface area (Å²) in [7, 11) is 0. The van der Waals surface area contributed by atoms with Gasteiger partial charge in [0.1, 0.15) is 5.70 Å². The van der Waals surface area contributed by atoms with Gasteiger partial charge >= 0.3 is 6.18 Å². The van der Waals surface area contributed by atoms with Gasteiger partial charge in [-0.15, -0.1) is 0 Å². The molecule has 0 spiro atoms. The molecule has 1 N–H and O–H groups in total. The molecule has 0 aliphatic carbocycles. The van der Waals surface area contributed by atoms with E-state index in [1.807, 2.05) is 0 Å². The van der Waals surface area contributed by atoms with E-state index in [4.69, 9.17) is 0 Å². The molecule has 0 unspecified atom stereocenters. The maximum atomic E-state index is 12.1. The lowest BCUT2D eigenvalue weighted by Gasteiger charge is -2.13. The van der Waals surface area contributed by atoms with E-state index in [0.29, 0.717) is 5.69 Å². The third kappa shape index (κ3) is 2.52. The van der Waals surface area contributed by atoms with Crippen LogP contribution in [0.1, 0.15) is 5.56 Å². The van der Waals surface area contributed by atoms with Crippen LogP contribution in [-0.2, 0) is 0 Å². The Morgan fingerprint density at radius 2 is 1.86 bits per heavy atom. The molecule has 1 rings (SSSR count). The Morgan fingerprint density at radius 1 is 1.29 bits per heavy atom. The molecule has 0 radical (unpaired) electrons. The van der Waals surface area contributed by atoms with Crippen LogP contribution in [0.4, 0.5) is 18.9 Å². The van der Waals surface area contributed by atoms with E-state index in [-0.39, 0.29) is 0 Å². The molecule has 1 aromatic rings. The van der Waals surface area contributed by atoms with Crippen LogP contribution < -0.4 is 5.32 Å². The Hall–Kier alpha value is -1.45. The predicted molar refractivity (Wildman–Crippen MR) is 50.0 cm³/mol. The van der Waals surface area contributed by atoms with Gasteiger partial charge in [0, 0.05) is 5.69 Å². The quantitative estimate of drug-likeness (QED) is 0.772. The predicted octanol–water partition coefficient (Wildman–Crippen LogP) is 3.48. The zero-order chi connectivity index (χ0) is 10.8. The van der Waals surface area contributed by atoms with E-state index >= 15 is 0 Å². The summed E-state index contributed by atoms with van der Waals surface area (Å²) in [5.41, 5.74) is 0.222. The van der Waals surface area contributed by atoms with Gasteiger partial charge < -0.3 is 5.32 Å². The highest BCUT2D eigenvalue weighted by molar-refractivity contribution is 5.54. The standard InChI is InChI=1S/C10H10F3N/c1-7-5-3-4-6-9(7)14-8(2)10(11,12)13/h3-6,14H,2H2,1H3. The Balaban J connectivity index is 2.80. The monoisotopic (exact) mass is 201 g/mol. The molecule has 14 heavy (non-hydrogen) atoms. The highest BCUT2D eigenvalue weighted by Crippen LogP contribution is 2.26. The zero-order valence-electron chi connectivity index (χ0n) is 7.65. The summed E-state index contributed by atoms with van der Waals surface area (Å²) in [4.78, 5) is 0. The zero-order valence-corrected chi connectivity index (χ0v) is 7.65. The van der Waals surface area contributed by atoms with Gasteiger partial charge in [-0.25, -0.2) is 0 Å². The molecule has 0 saturated heterocycles. The van der Waals surface area contributed by atoms with E-state index in [9.17, 15) is 13.2 Å². The Kier molecular flexibility index (Phi) is 2.84. The fraction of sp³-hybridized carbons (Fsp3) is 0.200. The van der Waals surface area contributed by atoms with Crippen molar-refractivity contribution in [3.8, 4) is 0 Å². The second-order valence-electron chi connectivity index (χ2n) is 2.92. The molecular formula is C10H10F3N. The molecule has 0 bridgehead atoms. The van der Waals surface area contributed by atoms with Gasteiger partial charge in [0.15, 0.2) is 0 Å². The number of hydrogen-bond donors (Lipinski definition) is 1. The maximum Gasteiger partial charge on any atom is 0.430 e. The fourth-order valence-corrected chi connectivity index (χ4v) is 0.947. The lowest BCUT2D eigenvalue weighted by molar-refractivity contribution is -0.0898. The SMILES string of the molecule is C=C(Nc1ccccc1C)C(F)(F)F. The number of para-hydroxylation sites is 1. The molecule has 0 fully saturated rings. The van der Waals surface area contributed by atoms with Crippen molar-refractivity contribution in [3.05, 3.63) is 42.1 Å². The molecule has 0 saturated carbocycles. The number of hydrogen-bond acceptors (Lipinski definition) is 1. The van der Waals surface area contributed by atoms with Crippen LogP contribution >= 0.6 is 0 Å². The van der Waals surface area contributed by atoms with Crippen LogP contribution in [-0.4, -0.2) is 6.18 Å². The minimum Gasteiger partial charge on any atom is -0.352 e. The van der Waals surface area contributed by atoms with Crippen LogP contribution in [0.15, 0.2) is 36.5 Å². The van der Waals surface area contributed by atoms with Crippen molar-refractivity contribution in [2.24, 2.45) is 0 Å². The average molecular weight is 201 g/mol. The number of anilines is 1. The van der Waals surface area contributed by atoms with Gasteiger partial charge in [-0.3, -0.25) is 0 Å². The number of allylic oxidation sites excluding steroid dienone is 1. The highest BCUT2D eigenvalue weighted by Gasteiger charge is 2.32. The normalized spacial score (nSPS) is 11.1. The van der Waals surface area contributed by atoms with E-state index < -0.39 is 11.9 Å². The molecule has 0 amide bonds. The smallest absolute Gasteiger partial charge is 0.352 e. The van der Waals surface area contributed by atoms with E-state index in [2.05, 4.69) is 11.9 Å². The second kappa shape index (κ2) is 3.74. The Labute approximate surface area is 80.2 Å².